The van der Waals surface area contributed by atoms with Crippen molar-refractivity contribution in [3.63, 3.8) is 0 Å². The number of carbonyl (C=O) groups excluding carboxylic acids is 2. The Kier molecular flexibility index (Phi) is 5.67. The van der Waals surface area contributed by atoms with Crippen LogP contribution >= 0.6 is 0 Å². The smallest absolute Gasteiger partial charge is 0.248 e. The molecule has 2 amide bonds. The fourth-order valence-corrected chi connectivity index (χ4v) is 4.47. The summed E-state index contributed by atoms with van der Waals surface area (Å²) in [5.41, 5.74) is 2.45. The summed E-state index contributed by atoms with van der Waals surface area (Å²) in [5, 5.41) is 6.61. The SMILES string of the molecule is Cc1cccc(CN2CCCC2C(=O)N2CCCC2C(=O)Nc2cc(C)on2)c1. The van der Waals surface area contributed by atoms with E-state index in [9.17, 15) is 9.59 Å². The molecule has 1 aromatic heterocycles. The van der Waals surface area contributed by atoms with Gasteiger partial charge in [0.25, 0.3) is 0 Å². The second-order valence-corrected chi connectivity index (χ2v) is 8.12. The van der Waals surface area contributed by atoms with Gasteiger partial charge in [0.2, 0.25) is 11.8 Å². The van der Waals surface area contributed by atoms with Crippen LogP contribution < -0.4 is 5.32 Å². The van der Waals surface area contributed by atoms with Crippen molar-refractivity contribution in [2.45, 2.75) is 58.2 Å². The molecular weight excluding hydrogens is 368 g/mol. The van der Waals surface area contributed by atoms with E-state index < -0.39 is 6.04 Å². The van der Waals surface area contributed by atoms with E-state index >= 15 is 0 Å². The minimum absolute atomic E-state index is 0.0733. The summed E-state index contributed by atoms with van der Waals surface area (Å²) < 4.78 is 5.01. The minimum atomic E-state index is -0.444. The summed E-state index contributed by atoms with van der Waals surface area (Å²) in [6.07, 6.45) is 3.37. The average Bonchev–Trinajstić information content (AvgIpc) is 3.42. The number of carbonyl (C=O) groups is 2. The van der Waals surface area contributed by atoms with E-state index in [0.717, 1.165) is 32.4 Å². The van der Waals surface area contributed by atoms with Crippen LogP contribution in [0.25, 0.3) is 0 Å². The number of aromatic nitrogens is 1. The molecule has 0 bridgehead atoms. The van der Waals surface area contributed by atoms with Crippen molar-refractivity contribution in [1.29, 1.82) is 0 Å². The molecule has 2 aromatic rings. The molecule has 2 aliphatic heterocycles. The molecule has 0 radical (unpaired) electrons. The van der Waals surface area contributed by atoms with Gasteiger partial charge >= 0.3 is 0 Å². The molecule has 0 spiro atoms. The molecule has 2 aliphatic rings. The van der Waals surface area contributed by atoms with Crippen LogP contribution in [0.15, 0.2) is 34.9 Å². The molecule has 1 N–H and O–H groups in total. The van der Waals surface area contributed by atoms with Gasteiger partial charge in [0, 0.05) is 19.2 Å². The fourth-order valence-electron chi connectivity index (χ4n) is 4.47. The normalized spacial score (nSPS) is 22.2. The molecule has 2 unspecified atom stereocenters. The number of nitrogens with zero attached hydrogens (tertiary/aromatic N) is 3. The second kappa shape index (κ2) is 8.37. The predicted octanol–water partition coefficient (Wildman–Crippen LogP) is 2.89. The number of anilines is 1. The Hall–Kier alpha value is -2.67. The standard InChI is InChI=1S/C22H28N4O3/c1-15-6-3-7-17(12-15)14-25-10-4-9-19(25)22(28)26-11-5-8-18(26)21(27)23-20-13-16(2)29-24-20/h3,6-7,12-13,18-19H,4-5,8-11,14H2,1-2H3,(H,23,24,27). The topological polar surface area (TPSA) is 78.7 Å². The second-order valence-electron chi connectivity index (χ2n) is 8.12. The molecule has 2 saturated heterocycles. The van der Waals surface area contributed by atoms with Crippen molar-refractivity contribution in [1.82, 2.24) is 15.0 Å². The van der Waals surface area contributed by atoms with E-state index in [2.05, 4.69) is 46.6 Å². The number of nitrogens with one attached hydrogen (secondary N) is 1. The molecule has 0 aliphatic carbocycles. The quantitative estimate of drug-likeness (QED) is 0.841. The predicted molar refractivity (Wildman–Crippen MR) is 109 cm³/mol. The van der Waals surface area contributed by atoms with Crippen molar-refractivity contribution in [3.05, 3.63) is 47.2 Å². The van der Waals surface area contributed by atoms with Crippen LogP contribution in [0.3, 0.4) is 0 Å². The highest BCUT2D eigenvalue weighted by molar-refractivity contribution is 5.97. The zero-order chi connectivity index (χ0) is 20.4. The highest BCUT2D eigenvalue weighted by Gasteiger charge is 2.40. The third kappa shape index (κ3) is 4.34. The Bertz CT molecular complexity index is 894. The molecule has 29 heavy (non-hydrogen) atoms. The summed E-state index contributed by atoms with van der Waals surface area (Å²) in [5.74, 6) is 0.919. The molecule has 1 aromatic carbocycles. The van der Waals surface area contributed by atoms with Gasteiger partial charge in [-0.3, -0.25) is 14.5 Å². The lowest BCUT2D eigenvalue weighted by molar-refractivity contribution is -0.140. The van der Waals surface area contributed by atoms with Crippen LogP contribution in [0, 0.1) is 13.8 Å². The molecule has 3 heterocycles. The van der Waals surface area contributed by atoms with E-state index in [4.69, 9.17) is 4.52 Å². The van der Waals surface area contributed by atoms with Crippen LogP contribution in [-0.2, 0) is 16.1 Å². The maximum atomic E-state index is 13.4. The first-order valence-electron chi connectivity index (χ1n) is 10.4. The lowest BCUT2D eigenvalue weighted by Gasteiger charge is -2.31. The molecule has 7 heteroatoms. The van der Waals surface area contributed by atoms with Crippen LogP contribution in [0.5, 0.6) is 0 Å². The molecule has 154 valence electrons. The van der Waals surface area contributed by atoms with Gasteiger partial charge in [0.1, 0.15) is 11.8 Å². The van der Waals surface area contributed by atoms with Crippen molar-refractivity contribution in [2.24, 2.45) is 0 Å². The Morgan fingerprint density at radius 2 is 1.93 bits per heavy atom. The van der Waals surface area contributed by atoms with Crippen LogP contribution in [0.4, 0.5) is 5.82 Å². The summed E-state index contributed by atoms with van der Waals surface area (Å²) in [7, 11) is 0. The summed E-state index contributed by atoms with van der Waals surface area (Å²) in [4.78, 5) is 30.1. The number of hydrogen-bond donors (Lipinski definition) is 1. The van der Waals surface area contributed by atoms with Gasteiger partial charge in [-0.05, 0) is 51.6 Å². The Morgan fingerprint density at radius 1 is 1.14 bits per heavy atom. The maximum Gasteiger partial charge on any atom is 0.248 e. The van der Waals surface area contributed by atoms with Crippen LogP contribution in [0.1, 0.15) is 42.6 Å². The van der Waals surface area contributed by atoms with E-state index in [1.807, 2.05) is 0 Å². The lowest BCUT2D eigenvalue weighted by atomic mass is 10.1. The molecule has 7 nitrogen and oxygen atoms in total. The average molecular weight is 396 g/mol. The summed E-state index contributed by atoms with van der Waals surface area (Å²) >= 11 is 0. The first-order chi connectivity index (χ1) is 14.0. The summed E-state index contributed by atoms with van der Waals surface area (Å²) in [6, 6.07) is 9.51. The van der Waals surface area contributed by atoms with Gasteiger partial charge in [-0.2, -0.15) is 0 Å². The Labute approximate surface area is 171 Å². The minimum Gasteiger partial charge on any atom is -0.360 e. The third-order valence-corrected chi connectivity index (χ3v) is 5.83. The number of amides is 2. The van der Waals surface area contributed by atoms with Gasteiger partial charge in [0.15, 0.2) is 5.82 Å². The molecule has 0 saturated carbocycles. The number of hydrogen-bond acceptors (Lipinski definition) is 5. The van der Waals surface area contributed by atoms with Gasteiger partial charge in [-0.15, -0.1) is 0 Å². The van der Waals surface area contributed by atoms with E-state index in [0.29, 0.717) is 24.5 Å². The van der Waals surface area contributed by atoms with E-state index in [1.54, 1.807) is 17.9 Å². The molecule has 2 atom stereocenters. The maximum absolute atomic E-state index is 13.4. The largest absolute Gasteiger partial charge is 0.360 e. The Balaban J connectivity index is 1.43. The molecular formula is C22H28N4O3. The highest BCUT2D eigenvalue weighted by atomic mass is 16.5. The van der Waals surface area contributed by atoms with Gasteiger partial charge < -0.3 is 14.7 Å². The summed E-state index contributed by atoms with van der Waals surface area (Å²) in [6.45, 7) is 6.16. The van der Waals surface area contributed by atoms with E-state index in [1.165, 1.54) is 11.1 Å². The first kappa shape index (κ1) is 19.6. The monoisotopic (exact) mass is 396 g/mol. The van der Waals surface area contributed by atoms with Crippen molar-refractivity contribution in [2.75, 3.05) is 18.4 Å². The zero-order valence-electron chi connectivity index (χ0n) is 17.1. The number of aryl methyl sites for hydroxylation is 2. The van der Waals surface area contributed by atoms with Gasteiger partial charge in [-0.1, -0.05) is 35.0 Å². The number of benzene rings is 1. The van der Waals surface area contributed by atoms with Crippen LogP contribution in [0.2, 0.25) is 0 Å². The Morgan fingerprint density at radius 3 is 2.69 bits per heavy atom. The van der Waals surface area contributed by atoms with Crippen molar-refractivity contribution in [3.8, 4) is 0 Å². The van der Waals surface area contributed by atoms with Gasteiger partial charge in [-0.25, -0.2) is 0 Å². The van der Waals surface area contributed by atoms with Crippen molar-refractivity contribution < 1.29 is 14.1 Å². The highest BCUT2D eigenvalue weighted by Crippen LogP contribution is 2.27. The zero-order valence-corrected chi connectivity index (χ0v) is 17.1. The molecule has 2 fully saturated rings. The third-order valence-electron chi connectivity index (χ3n) is 5.83. The number of rotatable bonds is 5. The fraction of sp³-hybridized carbons (Fsp3) is 0.500. The van der Waals surface area contributed by atoms with E-state index in [-0.39, 0.29) is 17.9 Å². The van der Waals surface area contributed by atoms with Crippen molar-refractivity contribution >= 4 is 17.6 Å². The first-order valence-corrected chi connectivity index (χ1v) is 10.4. The number of likely N-dealkylation sites (tertiary alicyclic amines) is 2. The van der Waals surface area contributed by atoms with Crippen LogP contribution in [-0.4, -0.2) is 51.9 Å². The lowest BCUT2D eigenvalue weighted by Crippen LogP contribution is -2.50. The van der Waals surface area contributed by atoms with Gasteiger partial charge in [0.05, 0.1) is 6.04 Å². The molecule has 4 rings (SSSR count).